The lowest BCUT2D eigenvalue weighted by atomic mass is 10.1. The van der Waals surface area contributed by atoms with Crippen LogP contribution in [0.3, 0.4) is 0 Å². The monoisotopic (exact) mass is 409 g/mol. The first kappa shape index (κ1) is 18.8. The molecule has 0 aliphatic carbocycles. The summed E-state index contributed by atoms with van der Waals surface area (Å²) in [5.74, 6) is 1.71. The topological polar surface area (TPSA) is 60.7 Å². The molecule has 5 rings (SSSR count). The summed E-state index contributed by atoms with van der Waals surface area (Å²) >= 11 is 0. The molecule has 0 radical (unpaired) electrons. The fourth-order valence-corrected chi connectivity index (χ4v) is 3.51. The number of nitrogens with one attached hydrogen (secondary N) is 1. The van der Waals surface area contributed by atoms with Crippen LogP contribution in [0, 0.1) is 0 Å². The Bertz CT molecular complexity index is 1370. The van der Waals surface area contributed by atoms with Gasteiger partial charge in [-0.25, -0.2) is 0 Å². The maximum absolute atomic E-state index is 12.8. The SMILES string of the molecule is COc1cc2c(cc1NC(=O)c1ccc(Oc3ccccc3)cc1)oc1ccccc12. The molecule has 0 fully saturated rings. The number of benzene rings is 4. The zero-order valence-corrected chi connectivity index (χ0v) is 16.8. The molecule has 1 N–H and O–H groups in total. The second-order valence-corrected chi connectivity index (χ2v) is 7.04. The van der Waals surface area contributed by atoms with Crippen LogP contribution in [0.15, 0.2) is 95.4 Å². The lowest BCUT2D eigenvalue weighted by molar-refractivity contribution is 0.102. The minimum absolute atomic E-state index is 0.250. The van der Waals surface area contributed by atoms with Crippen LogP contribution < -0.4 is 14.8 Å². The zero-order valence-electron chi connectivity index (χ0n) is 16.8. The molecule has 0 saturated carbocycles. The number of rotatable bonds is 5. The summed E-state index contributed by atoms with van der Waals surface area (Å²) in [7, 11) is 1.58. The van der Waals surface area contributed by atoms with E-state index in [1.165, 1.54) is 0 Å². The van der Waals surface area contributed by atoms with Crippen molar-refractivity contribution >= 4 is 33.5 Å². The Balaban J connectivity index is 1.40. The Hall–Kier alpha value is -4.25. The number of anilines is 1. The molecule has 152 valence electrons. The van der Waals surface area contributed by atoms with Crippen LogP contribution in [0.5, 0.6) is 17.2 Å². The highest BCUT2D eigenvalue weighted by atomic mass is 16.5. The summed E-state index contributed by atoms with van der Waals surface area (Å²) < 4.78 is 17.2. The molecule has 1 aromatic heterocycles. The van der Waals surface area contributed by atoms with Gasteiger partial charge in [-0.05, 0) is 48.5 Å². The Labute approximate surface area is 178 Å². The van der Waals surface area contributed by atoms with Crippen molar-refractivity contribution in [3.05, 3.63) is 96.6 Å². The zero-order chi connectivity index (χ0) is 21.2. The van der Waals surface area contributed by atoms with E-state index < -0.39 is 0 Å². The highest BCUT2D eigenvalue weighted by Crippen LogP contribution is 2.36. The number of furan rings is 1. The molecule has 0 bridgehead atoms. The molecule has 0 atom stereocenters. The van der Waals surface area contributed by atoms with Crippen LogP contribution in [-0.2, 0) is 0 Å². The molecule has 4 aromatic carbocycles. The number of ether oxygens (including phenoxy) is 2. The highest BCUT2D eigenvalue weighted by molar-refractivity contribution is 6.10. The maximum atomic E-state index is 12.8. The predicted molar refractivity (Wildman–Crippen MR) is 121 cm³/mol. The third-order valence-electron chi connectivity index (χ3n) is 5.04. The molecule has 0 aliphatic rings. The average molecular weight is 409 g/mol. The van der Waals surface area contributed by atoms with Gasteiger partial charge in [-0.1, -0.05) is 36.4 Å². The molecule has 5 nitrogen and oxygen atoms in total. The smallest absolute Gasteiger partial charge is 0.255 e. The van der Waals surface area contributed by atoms with Gasteiger partial charge in [0, 0.05) is 22.4 Å². The largest absolute Gasteiger partial charge is 0.495 e. The minimum atomic E-state index is -0.250. The van der Waals surface area contributed by atoms with Gasteiger partial charge in [-0.2, -0.15) is 0 Å². The van der Waals surface area contributed by atoms with Gasteiger partial charge in [0.25, 0.3) is 5.91 Å². The number of methoxy groups -OCH3 is 1. The van der Waals surface area contributed by atoms with E-state index in [-0.39, 0.29) is 5.91 Å². The van der Waals surface area contributed by atoms with Crippen molar-refractivity contribution in [1.29, 1.82) is 0 Å². The molecule has 0 aliphatic heterocycles. The maximum Gasteiger partial charge on any atom is 0.255 e. The predicted octanol–water partition coefficient (Wildman–Crippen LogP) is 6.64. The van der Waals surface area contributed by atoms with Crippen molar-refractivity contribution < 1.29 is 18.7 Å². The molecule has 0 saturated heterocycles. The number of fused-ring (bicyclic) bond motifs is 3. The molecule has 31 heavy (non-hydrogen) atoms. The number of hydrogen-bond acceptors (Lipinski definition) is 4. The first-order valence-electron chi connectivity index (χ1n) is 9.85. The lowest BCUT2D eigenvalue weighted by Gasteiger charge is -2.11. The average Bonchev–Trinajstić information content (AvgIpc) is 3.17. The quantitative estimate of drug-likeness (QED) is 0.353. The van der Waals surface area contributed by atoms with E-state index in [4.69, 9.17) is 13.9 Å². The third-order valence-corrected chi connectivity index (χ3v) is 5.04. The van der Waals surface area contributed by atoms with E-state index >= 15 is 0 Å². The molecular formula is C26H19NO4. The second-order valence-electron chi connectivity index (χ2n) is 7.04. The number of para-hydroxylation sites is 2. The van der Waals surface area contributed by atoms with Gasteiger partial charge in [0.2, 0.25) is 0 Å². The van der Waals surface area contributed by atoms with E-state index in [1.807, 2.05) is 60.7 Å². The first-order valence-corrected chi connectivity index (χ1v) is 9.85. The highest BCUT2D eigenvalue weighted by Gasteiger charge is 2.15. The van der Waals surface area contributed by atoms with E-state index in [9.17, 15) is 4.79 Å². The van der Waals surface area contributed by atoms with Gasteiger partial charge in [0.1, 0.15) is 28.4 Å². The summed E-state index contributed by atoms with van der Waals surface area (Å²) in [5, 5.41) is 4.86. The summed E-state index contributed by atoms with van der Waals surface area (Å²) in [6.45, 7) is 0. The molecular weight excluding hydrogens is 390 g/mol. The van der Waals surface area contributed by atoms with Crippen LogP contribution >= 0.6 is 0 Å². The molecule has 5 heteroatoms. The number of hydrogen-bond donors (Lipinski definition) is 1. The van der Waals surface area contributed by atoms with Gasteiger partial charge in [-0.15, -0.1) is 0 Å². The van der Waals surface area contributed by atoms with Gasteiger partial charge in [0.05, 0.1) is 12.8 Å². The fourth-order valence-electron chi connectivity index (χ4n) is 3.51. The minimum Gasteiger partial charge on any atom is -0.495 e. The van der Waals surface area contributed by atoms with Crippen molar-refractivity contribution in [3.8, 4) is 17.2 Å². The Morgan fingerprint density at radius 2 is 1.48 bits per heavy atom. The van der Waals surface area contributed by atoms with Crippen LogP contribution in [0.1, 0.15) is 10.4 Å². The molecule has 5 aromatic rings. The summed E-state index contributed by atoms with van der Waals surface area (Å²) in [5.41, 5.74) is 2.52. The van der Waals surface area contributed by atoms with Crippen LogP contribution in [0.2, 0.25) is 0 Å². The van der Waals surface area contributed by atoms with Crippen molar-refractivity contribution in [3.63, 3.8) is 0 Å². The molecule has 0 spiro atoms. The fraction of sp³-hybridized carbons (Fsp3) is 0.0385. The number of carbonyl (C=O) groups excluding carboxylic acids is 1. The normalized spacial score (nSPS) is 10.9. The van der Waals surface area contributed by atoms with E-state index in [1.54, 1.807) is 37.4 Å². The number of amides is 1. The summed E-state index contributed by atoms with van der Waals surface area (Å²) in [4.78, 5) is 12.8. The van der Waals surface area contributed by atoms with Crippen molar-refractivity contribution in [2.45, 2.75) is 0 Å². The van der Waals surface area contributed by atoms with Gasteiger partial charge < -0.3 is 19.2 Å². The van der Waals surface area contributed by atoms with Crippen LogP contribution in [-0.4, -0.2) is 13.0 Å². The third kappa shape index (κ3) is 3.69. The molecule has 1 heterocycles. The van der Waals surface area contributed by atoms with Crippen LogP contribution in [0.25, 0.3) is 21.9 Å². The van der Waals surface area contributed by atoms with Crippen molar-refractivity contribution in [1.82, 2.24) is 0 Å². The lowest BCUT2D eigenvalue weighted by Crippen LogP contribution is -2.12. The van der Waals surface area contributed by atoms with E-state index in [0.717, 1.165) is 22.1 Å². The van der Waals surface area contributed by atoms with Crippen molar-refractivity contribution in [2.24, 2.45) is 0 Å². The Morgan fingerprint density at radius 3 is 2.26 bits per heavy atom. The van der Waals surface area contributed by atoms with Gasteiger partial charge >= 0.3 is 0 Å². The molecule has 0 unspecified atom stereocenters. The summed E-state index contributed by atoms with van der Waals surface area (Å²) in [6.07, 6.45) is 0. The number of carbonyl (C=O) groups is 1. The molecule has 1 amide bonds. The van der Waals surface area contributed by atoms with Gasteiger partial charge in [-0.3, -0.25) is 4.79 Å². The van der Waals surface area contributed by atoms with E-state index in [2.05, 4.69) is 5.32 Å². The Morgan fingerprint density at radius 1 is 0.774 bits per heavy atom. The first-order chi connectivity index (χ1) is 15.2. The van der Waals surface area contributed by atoms with E-state index in [0.29, 0.717) is 28.3 Å². The second kappa shape index (κ2) is 7.88. The van der Waals surface area contributed by atoms with Crippen LogP contribution in [0.4, 0.5) is 5.69 Å². The Kier molecular flexibility index (Phi) is 4.77. The van der Waals surface area contributed by atoms with Gasteiger partial charge in [0.15, 0.2) is 0 Å². The van der Waals surface area contributed by atoms with Crippen molar-refractivity contribution in [2.75, 3.05) is 12.4 Å². The summed E-state index contributed by atoms with van der Waals surface area (Å²) in [6, 6.07) is 27.9. The standard InChI is InChI=1S/C26H19NO4/c1-29-25-15-21-20-9-5-6-10-23(20)31-24(21)16-22(25)27-26(28)17-11-13-19(14-12-17)30-18-7-3-2-4-8-18/h2-16H,1H3,(H,27,28).